The van der Waals surface area contributed by atoms with Crippen LogP contribution in [0.2, 0.25) is 0 Å². The summed E-state index contributed by atoms with van der Waals surface area (Å²) in [5, 5.41) is 10.1. The van der Waals surface area contributed by atoms with Gasteiger partial charge in [-0.3, -0.25) is 9.78 Å². The van der Waals surface area contributed by atoms with Crippen LogP contribution in [0.1, 0.15) is 17.3 Å². The number of pyridine rings is 1. The Balaban J connectivity index is 1.96. The van der Waals surface area contributed by atoms with Crippen LogP contribution in [0.25, 0.3) is 10.9 Å². The number of benzene rings is 1. The van der Waals surface area contributed by atoms with E-state index in [-0.39, 0.29) is 24.7 Å². The third-order valence-electron chi connectivity index (χ3n) is 3.85. The van der Waals surface area contributed by atoms with Crippen molar-refractivity contribution in [2.45, 2.75) is 19.1 Å². The summed E-state index contributed by atoms with van der Waals surface area (Å²) in [6.07, 6.45) is 1.35. The molecule has 2 unspecified atom stereocenters. The lowest BCUT2D eigenvalue weighted by Crippen LogP contribution is -2.52. The number of hydrogen-bond donors (Lipinski definition) is 1. The highest BCUT2D eigenvalue weighted by atomic mass is 16.5. The molecule has 0 spiro atoms. The molecule has 110 valence electrons. The molecule has 21 heavy (non-hydrogen) atoms. The number of ether oxygens (including phenoxy) is 1. The van der Waals surface area contributed by atoms with E-state index in [1.807, 2.05) is 31.2 Å². The van der Waals surface area contributed by atoms with Crippen molar-refractivity contribution in [1.82, 2.24) is 9.88 Å². The molecule has 1 N–H and O–H groups in total. The molecule has 1 aliphatic heterocycles. The maximum atomic E-state index is 12.8. The number of aliphatic hydroxyl groups is 1. The van der Waals surface area contributed by atoms with E-state index in [9.17, 15) is 9.90 Å². The summed E-state index contributed by atoms with van der Waals surface area (Å²) in [7, 11) is 0. The van der Waals surface area contributed by atoms with Gasteiger partial charge < -0.3 is 14.7 Å². The molecular formula is C16H18N2O3. The van der Waals surface area contributed by atoms with Crippen LogP contribution in [0.5, 0.6) is 0 Å². The highest BCUT2D eigenvalue weighted by Crippen LogP contribution is 2.21. The molecule has 5 nitrogen and oxygen atoms in total. The maximum Gasteiger partial charge on any atom is 0.255 e. The van der Waals surface area contributed by atoms with E-state index in [0.717, 1.165) is 10.9 Å². The van der Waals surface area contributed by atoms with E-state index in [1.165, 1.54) is 0 Å². The minimum Gasteiger partial charge on any atom is -0.394 e. The van der Waals surface area contributed by atoms with Gasteiger partial charge in [-0.05, 0) is 19.1 Å². The summed E-state index contributed by atoms with van der Waals surface area (Å²) in [6.45, 7) is 2.73. The zero-order chi connectivity index (χ0) is 14.8. The lowest BCUT2D eigenvalue weighted by atomic mass is 10.1. The average Bonchev–Trinajstić information content (AvgIpc) is 2.54. The molecule has 1 saturated heterocycles. The second-order valence-corrected chi connectivity index (χ2v) is 5.32. The van der Waals surface area contributed by atoms with E-state index in [0.29, 0.717) is 18.7 Å². The van der Waals surface area contributed by atoms with Gasteiger partial charge in [-0.15, -0.1) is 0 Å². The number of hydrogen-bond acceptors (Lipinski definition) is 4. The van der Waals surface area contributed by atoms with Crippen LogP contribution in [0.15, 0.2) is 36.5 Å². The molecule has 0 radical (unpaired) electrons. The Labute approximate surface area is 123 Å². The van der Waals surface area contributed by atoms with E-state index in [4.69, 9.17) is 4.74 Å². The molecule has 5 heteroatoms. The molecule has 1 aliphatic rings. The predicted molar refractivity (Wildman–Crippen MR) is 79.1 cm³/mol. The summed E-state index contributed by atoms with van der Waals surface area (Å²) < 4.78 is 5.49. The summed E-state index contributed by atoms with van der Waals surface area (Å²) in [6, 6.07) is 9.35. The fraction of sp³-hybridized carbons (Fsp3) is 0.375. The van der Waals surface area contributed by atoms with E-state index in [2.05, 4.69) is 4.98 Å². The zero-order valence-corrected chi connectivity index (χ0v) is 11.9. The molecule has 2 heterocycles. The smallest absolute Gasteiger partial charge is 0.255 e. The fourth-order valence-electron chi connectivity index (χ4n) is 2.65. The van der Waals surface area contributed by atoms with E-state index >= 15 is 0 Å². The van der Waals surface area contributed by atoms with Gasteiger partial charge in [0.15, 0.2) is 0 Å². The minimum atomic E-state index is -0.307. The highest BCUT2D eigenvalue weighted by molar-refractivity contribution is 6.06. The SMILES string of the molecule is CC1COC(CO)CN1C(=O)c1ccnc2ccccc12. The molecule has 1 amide bonds. The van der Waals surface area contributed by atoms with Crippen LogP contribution >= 0.6 is 0 Å². The average molecular weight is 286 g/mol. The van der Waals surface area contributed by atoms with Crippen molar-refractivity contribution in [2.75, 3.05) is 19.8 Å². The Kier molecular flexibility index (Phi) is 3.86. The monoisotopic (exact) mass is 286 g/mol. The normalized spacial score (nSPS) is 22.5. The number of para-hydroxylation sites is 1. The summed E-state index contributed by atoms with van der Waals surface area (Å²) >= 11 is 0. The van der Waals surface area contributed by atoms with E-state index < -0.39 is 0 Å². The first-order valence-corrected chi connectivity index (χ1v) is 7.08. The van der Waals surface area contributed by atoms with Crippen LogP contribution in [-0.2, 0) is 4.74 Å². The Morgan fingerprint density at radius 3 is 3.05 bits per heavy atom. The van der Waals surface area contributed by atoms with Crippen molar-refractivity contribution in [3.63, 3.8) is 0 Å². The first-order valence-electron chi connectivity index (χ1n) is 7.08. The minimum absolute atomic E-state index is 0.00720. The highest BCUT2D eigenvalue weighted by Gasteiger charge is 2.30. The van der Waals surface area contributed by atoms with Crippen molar-refractivity contribution in [2.24, 2.45) is 0 Å². The molecule has 0 bridgehead atoms. The number of carbonyl (C=O) groups excluding carboxylic acids is 1. The molecule has 3 rings (SSSR count). The second kappa shape index (κ2) is 5.79. The Bertz CT molecular complexity index is 654. The standard InChI is InChI=1S/C16H18N2O3/c1-11-10-21-12(9-19)8-18(11)16(20)14-6-7-17-15-5-3-2-4-13(14)15/h2-7,11-12,19H,8-10H2,1H3. The molecule has 2 aromatic rings. The Morgan fingerprint density at radius 1 is 1.43 bits per heavy atom. The van der Waals surface area contributed by atoms with Crippen molar-refractivity contribution in [3.8, 4) is 0 Å². The maximum absolute atomic E-state index is 12.8. The number of carbonyl (C=O) groups is 1. The van der Waals surface area contributed by atoms with Gasteiger partial charge in [0.2, 0.25) is 0 Å². The van der Waals surface area contributed by atoms with Crippen molar-refractivity contribution < 1.29 is 14.6 Å². The van der Waals surface area contributed by atoms with E-state index in [1.54, 1.807) is 17.2 Å². The van der Waals surface area contributed by atoms with Gasteiger partial charge in [-0.25, -0.2) is 0 Å². The van der Waals surface area contributed by atoms with Crippen LogP contribution in [-0.4, -0.2) is 52.8 Å². The van der Waals surface area contributed by atoms with Crippen LogP contribution in [0.4, 0.5) is 0 Å². The van der Waals surface area contributed by atoms with Gasteiger partial charge in [0, 0.05) is 18.1 Å². The Morgan fingerprint density at radius 2 is 2.24 bits per heavy atom. The summed E-state index contributed by atoms with van der Waals surface area (Å²) in [4.78, 5) is 18.9. The van der Waals surface area contributed by atoms with Crippen LogP contribution in [0, 0.1) is 0 Å². The summed E-state index contributed by atoms with van der Waals surface area (Å²) in [5.41, 5.74) is 1.45. The molecule has 2 atom stereocenters. The topological polar surface area (TPSA) is 62.7 Å². The summed E-state index contributed by atoms with van der Waals surface area (Å²) in [5.74, 6) is -0.0390. The third-order valence-corrected chi connectivity index (χ3v) is 3.85. The van der Waals surface area contributed by atoms with Gasteiger partial charge >= 0.3 is 0 Å². The first kappa shape index (κ1) is 14.0. The molecular weight excluding hydrogens is 268 g/mol. The lowest BCUT2D eigenvalue weighted by Gasteiger charge is -2.37. The number of morpholine rings is 1. The molecule has 0 saturated carbocycles. The quantitative estimate of drug-likeness (QED) is 0.908. The number of aliphatic hydroxyl groups excluding tert-OH is 1. The van der Waals surface area contributed by atoms with Gasteiger partial charge in [0.1, 0.15) is 0 Å². The van der Waals surface area contributed by atoms with Gasteiger partial charge in [-0.2, -0.15) is 0 Å². The number of nitrogens with zero attached hydrogens (tertiary/aromatic N) is 2. The Hall–Kier alpha value is -1.98. The first-order chi connectivity index (χ1) is 10.2. The molecule has 0 aliphatic carbocycles. The van der Waals surface area contributed by atoms with Gasteiger partial charge in [0.25, 0.3) is 5.91 Å². The number of rotatable bonds is 2. The zero-order valence-electron chi connectivity index (χ0n) is 11.9. The fourth-order valence-corrected chi connectivity index (χ4v) is 2.65. The molecule has 1 aromatic carbocycles. The van der Waals surface area contributed by atoms with Gasteiger partial charge in [0.05, 0.1) is 36.4 Å². The number of amides is 1. The lowest BCUT2D eigenvalue weighted by molar-refractivity contribution is -0.0666. The van der Waals surface area contributed by atoms with Crippen LogP contribution in [0.3, 0.4) is 0 Å². The predicted octanol–water partition coefficient (Wildman–Crippen LogP) is 1.46. The third kappa shape index (κ3) is 2.62. The molecule has 1 fully saturated rings. The largest absolute Gasteiger partial charge is 0.394 e. The number of aromatic nitrogens is 1. The van der Waals surface area contributed by atoms with Crippen LogP contribution < -0.4 is 0 Å². The van der Waals surface area contributed by atoms with Gasteiger partial charge in [-0.1, -0.05) is 18.2 Å². The molecule has 1 aromatic heterocycles. The van der Waals surface area contributed by atoms with Crippen molar-refractivity contribution >= 4 is 16.8 Å². The second-order valence-electron chi connectivity index (χ2n) is 5.32. The van der Waals surface area contributed by atoms with Crippen molar-refractivity contribution in [3.05, 3.63) is 42.1 Å². The van der Waals surface area contributed by atoms with Crippen molar-refractivity contribution in [1.29, 1.82) is 0 Å². The number of fused-ring (bicyclic) bond motifs is 1.